The maximum atomic E-state index is 12.3. The molecule has 3 aromatic heterocycles. The van der Waals surface area contributed by atoms with Gasteiger partial charge in [-0.15, -0.1) is 0 Å². The molecule has 1 amide bonds. The van der Waals surface area contributed by atoms with Crippen LogP contribution in [0.4, 0.5) is 0 Å². The number of nitrogens with one attached hydrogen (secondary N) is 1. The van der Waals surface area contributed by atoms with Crippen molar-refractivity contribution in [3.63, 3.8) is 0 Å². The molecule has 1 N–H and O–H groups in total. The highest BCUT2D eigenvalue weighted by molar-refractivity contribution is 5.97. The van der Waals surface area contributed by atoms with Crippen LogP contribution < -0.4 is 5.32 Å². The number of carbonyl (C=O) groups excluding carboxylic acids is 1. The average Bonchev–Trinajstić information content (AvgIpc) is 3.34. The number of rotatable bonds is 5. The van der Waals surface area contributed by atoms with Crippen molar-refractivity contribution >= 4 is 16.8 Å². The third-order valence-electron chi connectivity index (χ3n) is 3.95. The quantitative estimate of drug-likeness (QED) is 0.595. The highest BCUT2D eigenvalue weighted by Crippen LogP contribution is 2.15. The van der Waals surface area contributed by atoms with Gasteiger partial charge in [0, 0.05) is 29.9 Å². The molecule has 26 heavy (non-hydrogen) atoms. The number of amides is 1. The summed E-state index contributed by atoms with van der Waals surface area (Å²) >= 11 is 0. The van der Waals surface area contributed by atoms with E-state index in [9.17, 15) is 4.79 Å². The lowest BCUT2D eigenvalue weighted by Crippen LogP contribution is -2.22. The zero-order valence-electron chi connectivity index (χ0n) is 14.1. The smallest absolute Gasteiger partial charge is 0.251 e. The largest absolute Gasteiger partial charge is 0.343 e. The Balaban J connectivity index is 1.44. The summed E-state index contributed by atoms with van der Waals surface area (Å²) in [5, 5.41) is 11.8. The number of benzene rings is 1. The second-order valence-electron chi connectivity index (χ2n) is 5.69. The van der Waals surface area contributed by atoms with Gasteiger partial charge in [0.2, 0.25) is 11.7 Å². The minimum absolute atomic E-state index is 0.152. The van der Waals surface area contributed by atoms with Crippen LogP contribution in [-0.2, 0) is 13.1 Å². The van der Waals surface area contributed by atoms with Gasteiger partial charge in [-0.05, 0) is 31.2 Å². The van der Waals surface area contributed by atoms with Crippen molar-refractivity contribution < 1.29 is 9.32 Å². The Morgan fingerprint density at radius 2 is 2.23 bits per heavy atom. The predicted octanol–water partition coefficient (Wildman–Crippen LogP) is 2.43. The molecular formula is C18H16N6O2. The standard InChI is InChI=1S/C18H16N6O2/c1-2-24-11-14(9-21-24)17-22-16(26-23-17)10-20-18(25)13-5-6-15-12(8-13)4-3-7-19-15/h3-9,11H,2,10H2,1H3,(H,20,25). The Kier molecular flexibility index (Phi) is 4.14. The summed E-state index contributed by atoms with van der Waals surface area (Å²) in [6.07, 6.45) is 5.25. The molecule has 3 heterocycles. The molecule has 0 radical (unpaired) electrons. The molecule has 1 aromatic carbocycles. The van der Waals surface area contributed by atoms with E-state index in [0.29, 0.717) is 17.3 Å². The first-order chi connectivity index (χ1) is 12.7. The molecule has 0 saturated heterocycles. The minimum Gasteiger partial charge on any atom is -0.343 e. The van der Waals surface area contributed by atoms with Gasteiger partial charge in [0.1, 0.15) is 0 Å². The van der Waals surface area contributed by atoms with Crippen molar-refractivity contribution in [1.29, 1.82) is 0 Å². The van der Waals surface area contributed by atoms with Crippen molar-refractivity contribution in [1.82, 2.24) is 30.2 Å². The van der Waals surface area contributed by atoms with Gasteiger partial charge in [0.25, 0.3) is 5.91 Å². The van der Waals surface area contributed by atoms with Crippen LogP contribution in [0.25, 0.3) is 22.3 Å². The van der Waals surface area contributed by atoms with Crippen molar-refractivity contribution in [2.45, 2.75) is 20.0 Å². The van der Waals surface area contributed by atoms with Crippen LogP contribution in [0.2, 0.25) is 0 Å². The summed E-state index contributed by atoms with van der Waals surface area (Å²) < 4.78 is 6.98. The van der Waals surface area contributed by atoms with Crippen LogP contribution in [-0.4, -0.2) is 30.8 Å². The molecule has 0 fully saturated rings. The predicted molar refractivity (Wildman–Crippen MR) is 94.1 cm³/mol. The average molecular weight is 348 g/mol. The van der Waals surface area contributed by atoms with Crippen molar-refractivity contribution in [3.8, 4) is 11.4 Å². The van der Waals surface area contributed by atoms with Gasteiger partial charge in [0.15, 0.2) is 0 Å². The molecule has 4 aromatic rings. The number of hydrogen-bond donors (Lipinski definition) is 1. The molecule has 130 valence electrons. The first-order valence-electron chi connectivity index (χ1n) is 8.21. The van der Waals surface area contributed by atoms with Crippen LogP contribution in [0.15, 0.2) is 53.4 Å². The summed E-state index contributed by atoms with van der Waals surface area (Å²) in [6, 6.07) is 9.12. The highest BCUT2D eigenvalue weighted by Gasteiger charge is 2.12. The summed E-state index contributed by atoms with van der Waals surface area (Å²) in [7, 11) is 0. The number of nitrogens with zero attached hydrogens (tertiary/aromatic N) is 5. The summed E-state index contributed by atoms with van der Waals surface area (Å²) in [5.41, 5.74) is 2.17. The summed E-state index contributed by atoms with van der Waals surface area (Å²) in [4.78, 5) is 20.9. The number of pyridine rings is 1. The maximum Gasteiger partial charge on any atom is 0.251 e. The van der Waals surface area contributed by atoms with Crippen molar-refractivity contribution in [3.05, 3.63) is 60.4 Å². The van der Waals surface area contributed by atoms with E-state index in [0.717, 1.165) is 23.0 Å². The fraction of sp³-hybridized carbons (Fsp3) is 0.167. The third-order valence-corrected chi connectivity index (χ3v) is 3.95. The minimum atomic E-state index is -0.214. The van der Waals surface area contributed by atoms with Gasteiger partial charge >= 0.3 is 0 Å². The number of fused-ring (bicyclic) bond motifs is 1. The zero-order chi connectivity index (χ0) is 17.9. The first-order valence-corrected chi connectivity index (χ1v) is 8.21. The second-order valence-corrected chi connectivity index (χ2v) is 5.69. The number of hydrogen-bond acceptors (Lipinski definition) is 6. The zero-order valence-corrected chi connectivity index (χ0v) is 14.1. The third kappa shape index (κ3) is 3.16. The van der Waals surface area contributed by atoms with E-state index in [1.54, 1.807) is 29.2 Å². The van der Waals surface area contributed by atoms with Crippen LogP contribution in [0.3, 0.4) is 0 Å². The Morgan fingerprint density at radius 3 is 3.08 bits per heavy atom. The lowest BCUT2D eigenvalue weighted by molar-refractivity contribution is 0.0946. The van der Waals surface area contributed by atoms with Crippen molar-refractivity contribution in [2.75, 3.05) is 0 Å². The van der Waals surface area contributed by atoms with Gasteiger partial charge in [-0.25, -0.2) is 0 Å². The molecule has 0 saturated carbocycles. The molecule has 8 heteroatoms. The van der Waals surface area contributed by atoms with Gasteiger partial charge < -0.3 is 9.84 Å². The number of aromatic nitrogens is 5. The fourth-order valence-corrected chi connectivity index (χ4v) is 2.57. The van der Waals surface area contributed by atoms with Crippen LogP contribution in [0.1, 0.15) is 23.2 Å². The topological polar surface area (TPSA) is 98.7 Å². The molecule has 0 aliphatic heterocycles. The van der Waals surface area contributed by atoms with E-state index >= 15 is 0 Å². The first kappa shape index (κ1) is 15.9. The molecule has 8 nitrogen and oxygen atoms in total. The number of aryl methyl sites for hydroxylation is 1. The summed E-state index contributed by atoms with van der Waals surface area (Å²) in [6.45, 7) is 2.91. The Morgan fingerprint density at radius 1 is 1.31 bits per heavy atom. The van der Waals surface area contributed by atoms with E-state index in [-0.39, 0.29) is 12.5 Å². The van der Waals surface area contributed by atoms with Gasteiger partial charge in [-0.1, -0.05) is 11.2 Å². The van der Waals surface area contributed by atoms with E-state index in [4.69, 9.17) is 4.52 Å². The molecule has 0 bridgehead atoms. The molecule has 0 aliphatic rings. The molecule has 0 unspecified atom stereocenters. The summed E-state index contributed by atoms with van der Waals surface area (Å²) in [5.74, 6) is 0.570. The molecule has 0 aliphatic carbocycles. The highest BCUT2D eigenvalue weighted by atomic mass is 16.5. The monoisotopic (exact) mass is 348 g/mol. The fourth-order valence-electron chi connectivity index (χ4n) is 2.57. The molecular weight excluding hydrogens is 332 g/mol. The Bertz CT molecular complexity index is 1070. The SMILES string of the molecule is CCn1cc(-c2noc(CNC(=O)c3ccc4ncccc4c3)n2)cn1. The lowest BCUT2D eigenvalue weighted by Gasteiger charge is -2.03. The molecule has 0 atom stereocenters. The Hall–Kier alpha value is -3.55. The number of carbonyl (C=O) groups is 1. The normalized spacial score (nSPS) is 11.0. The van der Waals surface area contributed by atoms with E-state index in [1.165, 1.54) is 0 Å². The second kappa shape index (κ2) is 6.75. The van der Waals surface area contributed by atoms with E-state index in [1.807, 2.05) is 31.3 Å². The van der Waals surface area contributed by atoms with E-state index < -0.39 is 0 Å². The lowest BCUT2D eigenvalue weighted by atomic mass is 10.1. The molecule has 4 rings (SSSR count). The van der Waals surface area contributed by atoms with Crippen LogP contribution in [0.5, 0.6) is 0 Å². The maximum absolute atomic E-state index is 12.3. The van der Waals surface area contributed by atoms with Crippen LogP contribution in [0, 0.1) is 0 Å². The van der Waals surface area contributed by atoms with Crippen molar-refractivity contribution in [2.24, 2.45) is 0 Å². The Labute approximate surface area is 148 Å². The van der Waals surface area contributed by atoms with Crippen LogP contribution >= 0.6 is 0 Å². The van der Waals surface area contributed by atoms with Gasteiger partial charge in [-0.3, -0.25) is 14.5 Å². The van der Waals surface area contributed by atoms with Gasteiger partial charge in [-0.2, -0.15) is 10.1 Å². The molecule has 0 spiro atoms. The van der Waals surface area contributed by atoms with Gasteiger partial charge in [0.05, 0.1) is 23.8 Å². The van der Waals surface area contributed by atoms with E-state index in [2.05, 4.69) is 25.5 Å².